The van der Waals surface area contributed by atoms with Gasteiger partial charge in [-0.05, 0) is 55.7 Å². The molecule has 0 aliphatic heterocycles. The van der Waals surface area contributed by atoms with Gasteiger partial charge in [0.05, 0.1) is 12.5 Å². The lowest BCUT2D eigenvalue weighted by Crippen LogP contribution is -2.46. The predicted octanol–water partition coefficient (Wildman–Crippen LogP) is 3.91. The van der Waals surface area contributed by atoms with E-state index >= 15 is 0 Å². The molecule has 0 fully saturated rings. The summed E-state index contributed by atoms with van der Waals surface area (Å²) in [5.41, 5.74) is 3.44. The first-order valence-electron chi connectivity index (χ1n) is 11.7. The SMILES string of the molecule is CCOC(=O)[C@H](CCc1ccccc1)C[C@@H](C)C(=O)N(CC(=O)O)C1Cc2ccccc2C1. The molecule has 6 heteroatoms. The van der Waals surface area contributed by atoms with E-state index in [1.807, 2.05) is 54.6 Å². The second-order valence-electron chi connectivity index (χ2n) is 8.80. The van der Waals surface area contributed by atoms with Crippen molar-refractivity contribution in [2.45, 2.75) is 52.0 Å². The molecule has 2 aromatic carbocycles. The molecule has 2 aromatic rings. The number of carboxylic acids is 1. The number of carboxylic acid groups (broad SMARTS) is 1. The molecule has 1 aliphatic carbocycles. The Morgan fingerprint density at radius 1 is 1.03 bits per heavy atom. The molecule has 176 valence electrons. The molecule has 2 atom stereocenters. The van der Waals surface area contributed by atoms with Gasteiger partial charge in [-0.1, -0.05) is 61.5 Å². The van der Waals surface area contributed by atoms with Crippen LogP contribution < -0.4 is 0 Å². The van der Waals surface area contributed by atoms with Gasteiger partial charge in [0.1, 0.15) is 6.54 Å². The third kappa shape index (κ3) is 6.67. The highest BCUT2D eigenvalue weighted by molar-refractivity contribution is 5.84. The quantitative estimate of drug-likeness (QED) is 0.524. The van der Waals surface area contributed by atoms with Crippen LogP contribution in [-0.4, -0.2) is 47.0 Å². The maximum atomic E-state index is 13.4. The van der Waals surface area contributed by atoms with E-state index in [9.17, 15) is 19.5 Å². The number of carbonyl (C=O) groups is 3. The summed E-state index contributed by atoms with van der Waals surface area (Å²) in [6, 6.07) is 17.7. The molecule has 0 radical (unpaired) electrons. The minimum atomic E-state index is -1.03. The van der Waals surface area contributed by atoms with E-state index < -0.39 is 17.8 Å². The van der Waals surface area contributed by atoms with Gasteiger partial charge in [0.2, 0.25) is 5.91 Å². The molecule has 0 saturated carbocycles. The molecule has 1 N–H and O–H groups in total. The molecule has 33 heavy (non-hydrogen) atoms. The van der Waals surface area contributed by atoms with Crippen LogP contribution >= 0.6 is 0 Å². The van der Waals surface area contributed by atoms with Crippen molar-refractivity contribution in [2.75, 3.05) is 13.2 Å². The van der Waals surface area contributed by atoms with Crippen molar-refractivity contribution in [3.05, 3.63) is 71.3 Å². The number of rotatable bonds is 11. The number of esters is 1. The average molecular weight is 452 g/mol. The molecule has 1 amide bonds. The van der Waals surface area contributed by atoms with Crippen molar-refractivity contribution >= 4 is 17.8 Å². The van der Waals surface area contributed by atoms with Gasteiger partial charge in [0.15, 0.2) is 0 Å². The van der Waals surface area contributed by atoms with Crippen molar-refractivity contribution in [1.82, 2.24) is 4.90 Å². The number of ether oxygens (including phenoxy) is 1. The lowest BCUT2D eigenvalue weighted by molar-refractivity contribution is -0.151. The zero-order valence-corrected chi connectivity index (χ0v) is 19.4. The summed E-state index contributed by atoms with van der Waals surface area (Å²) in [5.74, 6) is -2.46. The van der Waals surface area contributed by atoms with Crippen molar-refractivity contribution in [3.63, 3.8) is 0 Å². The largest absolute Gasteiger partial charge is 0.480 e. The first kappa shape index (κ1) is 24.5. The zero-order chi connectivity index (χ0) is 23.8. The zero-order valence-electron chi connectivity index (χ0n) is 19.4. The molecule has 0 bridgehead atoms. The predicted molar refractivity (Wildman–Crippen MR) is 126 cm³/mol. The van der Waals surface area contributed by atoms with Gasteiger partial charge in [-0.2, -0.15) is 0 Å². The van der Waals surface area contributed by atoms with Gasteiger partial charge < -0.3 is 14.7 Å². The minimum Gasteiger partial charge on any atom is -0.480 e. The van der Waals surface area contributed by atoms with Crippen LogP contribution in [0, 0.1) is 11.8 Å². The van der Waals surface area contributed by atoms with Crippen LogP contribution in [0.3, 0.4) is 0 Å². The highest BCUT2D eigenvalue weighted by atomic mass is 16.5. The Bertz CT molecular complexity index is 933. The number of amides is 1. The van der Waals surface area contributed by atoms with E-state index in [4.69, 9.17) is 4.74 Å². The third-order valence-electron chi connectivity index (χ3n) is 6.36. The van der Waals surface area contributed by atoms with Crippen molar-refractivity contribution in [2.24, 2.45) is 11.8 Å². The Balaban J connectivity index is 1.70. The molecule has 0 saturated heterocycles. The van der Waals surface area contributed by atoms with E-state index in [2.05, 4.69) is 0 Å². The van der Waals surface area contributed by atoms with Gasteiger partial charge in [0, 0.05) is 12.0 Å². The fourth-order valence-electron chi connectivity index (χ4n) is 4.68. The fraction of sp³-hybridized carbons (Fsp3) is 0.444. The fourth-order valence-corrected chi connectivity index (χ4v) is 4.68. The summed E-state index contributed by atoms with van der Waals surface area (Å²) >= 11 is 0. The van der Waals surface area contributed by atoms with Crippen molar-refractivity contribution < 1.29 is 24.2 Å². The number of aliphatic carboxylic acids is 1. The highest BCUT2D eigenvalue weighted by Crippen LogP contribution is 2.28. The number of carbonyl (C=O) groups excluding carboxylic acids is 2. The van der Waals surface area contributed by atoms with E-state index in [1.165, 1.54) is 4.90 Å². The molecule has 3 rings (SSSR count). The van der Waals surface area contributed by atoms with Crippen LogP contribution in [0.4, 0.5) is 0 Å². The van der Waals surface area contributed by atoms with Crippen LogP contribution in [0.5, 0.6) is 0 Å². The van der Waals surface area contributed by atoms with E-state index in [0.717, 1.165) is 16.7 Å². The Morgan fingerprint density at radius 3 is 2.21 bits per heavy atom. The first-order valence-corrected chi connectivity index (χ1v) is 11.7. The summed E-state index contributed by atoms with van der Waals surface area (Å²) in [5, 5.41) is 9.47. The molecular weight excluding hydrogens is 418 g/mol. The lowest BCUT2D eigenvalue weighted by Gasteiger charge is -2.31. The first-order chi connectivity index (χ1) is 15.9. The molecule has 0 spiro atoms. The van der Waals surface area contributed by atoms with Crippen molar-refractivity contribution in [1.29, 1.82) is 0 Å². The number of benzene rings is 2. The van der Waals surface area contributed by atoms with E-state index in [-0.39, 0.29) is 31.1 Å². The second kappa shape index (κ2) is 11.6. The summed E-state index contributed by atoms with van der Waals surface area (Å²) in [6.45, 7) is 3.51. The molecule has 6 nitrogen and oxygen atoms in total. The Kier molecular flexibility index (Phi) is 8.64. The van der Waals surface area contributed by atoms with E-state index in [0.29, 0.717) is 32.1 Å². The third-order valence-corrected chi connectivity index (χ3v) is 6.36. The Labute approximate surface area is 195 Å². The lowest BCUT2D eigenvalue weighted by atomic mass is 9.89. The number of aryl methyl sites for hydroxylation is 1. The molecule has 0 aromatic heterocycles. The van der Waals surface area contributed by atoms with Crippen LogP contribution in [0.15, 0.2) is 54.6 Å². The molecular formula is C27H33NO5. The van der Waals surface area contributed by atoms with E-state index in [1.54, 1.807) is 13.8 Å². The molecule has 1 aliphatic rings. The van der Waals surface area contributed by atoms with Gasteiger partial charge in [-0.25, -0.2) is 0 Å². The molecule has 0 heterocycles. The summed E-state index contributed by atoms with van der Waals surface area (Å²) in [6.07, 6.45) is 2.92. The van der Waals surface area contributed by atoms with Crippen LogP contribution in [0.2, 0.25) is 0 Å². The summed E-state index contributed by atoms with van der Waals surface area (Å²) in [7, 11) is 0. The van der Waals surface area contributed by atoms with Gasteiger partial charge in [-0.3, -0.25) is 14.4 Å². The number of hydrogen-bond acceptors (Lipinski definition) is 4. The normalized spacial score (nSPS) is 14.8. The maximum Gasteiger partial charge on any atom is 0.323 e. The van der Waals surface area contributed by atoms with Gasteiger partial charge in [-0.15, -0.1) is 0 Å². The number of hydrogen-bond donors (Lipinski definition) is 1. The van der Waals surface area contributed by atoms with Crippen LogP contribution in [0.25, 0.3) is 0 Å². The number of fused-ring (bicyclic) bond motifs is 1. The van der Waals surface area contributed by atoms with Crippen LogP contribution in [-0.2, 0) is 38.4 Å². The van der Waals surface area contributed by atoms with Crippen molar-refractivity contribution in [3.8, 4) is 0 Å². The molecule has 0 unspecified atom stereocenters. The maximum absolute atomic E-state index is 13.4. The topological polar surface area (TPSA) is 83.9 Å². The monoisotopic (exact) mass is 451 g/mol. The minimum absolute atomic E-state index is 0.182. The summed E-state index contributed by atoms with van der Waals surface area (Å²) < 4.78 is 5.28. The summed E-state index contributed by atoms with van der Waals surface area (Å²) in [4.78, 5) is 39.1. The smallest absolute Gasteiger partial charge is 0.323 e. The van der Waals surface area contributed by atoms with Gasteiger partial charge in [0.25, 0.3) is 0 Å². The Morgan fingerprint density at radius 2 is 1.64 bits per heavy atom. The highest BCUT2D eigenvalue weighted by Gasteiger charge is 2.35. The Hall–Kier alpha value is -3.15. The second-order valence-corrected chi connectivity index (χ2v) is 8.80. The average Bonchev–Trinajstić information content (AvgIpc) is 3.24. The van der Waals surface area contributed by atoms with Gasteiger partial charge >= 0.3 is 11.9 Å². The number of nitrogens with zero attached hydrogens (tertiary/aromatic N) is 1. The standard InChI is InChI=1S/C27H33NO5/c1-3-33-27(32)23(14-13-20-9-5-4-6-10-20)15-19(2)26(31)28(18-25(29)30)24-16-21-11-7-8-12-22(21)17-24/h4-12,19,23-24H,3,13-18H2,1-2H3,(H,29,30)/t19-,23-/m1/s1. The van der Waals surface area contributed by atoms with Crippen LogP contribution in [0.1, 0.15) is 43.4 Å².